The fraction of sp³-hybridized carbons (Fsp3) is 0.400. The molecule has 0 aromatic heterocycles. The lowest BCUT2D eigenvalue weighted by atomic mass is 10.1. The highest BCUT2D eigenvalue weighted by atomic mass is 35.5. The summed E-state index contributed by atoms with van der Waals surface area (Å²) in [5.74, 6) is 1.43. The maximum absolute atomic E-state index is 9.53. The quantitative estimate of drug-likeness (QED) is 0.783. The fourth-order valence-electron chi connectivity index (χ4n) is 1.11. The number of ether oxygens (including phenoxy) is 2. The summed E-state index contributed by atoms with van der Waals surface area (Å²) in [6.07, 6.45) is -0.694. The predicted octanol–water partition coefficient (Wildman–Crippen LogP) is 1.98. The zero-order valence-electron chi connectivity index (χ0n) is 8.16. The van der Waals surface area contributed by atoms with Crippen LogP contribution in [0.4, 0.5) is 0 Å². The first kappa shape index (κ1) is 11.1. The lowest BCUT2D eigenvalue weighted by Gasteiger charge is -2.11. The number of hydrogen-bond acceptors (Lipinski definition) is 3. The molecule has 0 amide bonds. The van der Waals surface area contributed by atoms with E-state index in [1.165, 1.54) is 0 Å². The molecular weight excluding hydrogens is 204 g/mol. The van der Waals surface area contributed by atoms with Gasteiger partial charge in [0.1, 0.15) is 11.5 Å². The van der Waals surface area contributed by atoms with Crippen molar-refractivity contribution in [2.45, 2.75) is 6.10 Å². The van der Waals surface area contributed by atoms with Crippen molar-refractivity contribution in [2.75, 3.05) is 20.1 Å². The number of hydrogen-bond donors (Lipinski definition) is 1. The van der Waals surface area contributed by atoms with Crippen molar-refractivity contribution >= 4 is 11.6 Å². The Morgan fingerprint density at radius 2 is 1.71 bits per heavy atom. The number of alkyl halides is 1. The molecule has 0 bridgehead atoms. The average Bonchev–Trinajstić information content (AvgIpc) is 2.27. The Morgan fingerprint density at radius 3 is 2.07 bits per heavy atom. The third kappa shape index (κ3) is 2.53. The van der Waals surface area contributed by atoms with E-state index in [0.717, 1.165) is 0 Å². The van der Waals surface area contributed by atoms with Crippen LogP contribution in [0, 0.1) is 0 Å². The van der Waals surface area contributed by atoms with Gasteiger partial charge in [-0.05, 0) is 17.7 Å². The molecule has 1 rings (SSSR count). The standard InChI is InChI=1S/C10H13ClO3/c1-13-8-3-7(10(12)6-11)4-9(5-8)14-2/h3-5,10,12H,6H2,1-2H3. The van der Waals surface area contributed by atoms with Gasteiger partial charge in [-0.1, -0.05) is 0 Å². The van der Waals surface area contributed by atoms with Crippen LogP contribution in [0.5, 0.6) is 11.5 Å². The van der Waals surface area contributed by atoms with E-state index in [4.69, 9.17) is 21.1 Å². The zero-order valence-corrected chi connectivity index (χ0v) is 8.91. The average molecular weight is 217 g/mol. The Kier molecular flexibility index (Phi) is 4.04. The molecule has 1 N–H and O–H groups in total. The molecule has 0 fully saturated rings. The van der Waals surface area contributed by atoms with Crippen LogP contribution in [0.25, 0.3) is 0 Å². The SMILES string of the molecule is COc1cc(OC)cc(C(O)CCl)c1. The molecule has 4 heteroatoms. The molecule has 0 saturated carbocycles. The molecule has 0 spiro atoms. The third-order valence-corrected chi connectivity index (χ3v) is 2.20. The highest BCUT2D eigenvalue weighted by Crippen LogP contribution is 2.26. The van der Waals surface area contributed by atoms with Gasteiger partial charge in [0.2, 0.25) is 0 Å². The van der Waals surface area contributed by atoms with Crippen molar-refractivity contribution < 1.29 is 14.6 Å². The summed E-state index contributed by atoms with van der Waals surface area (Å²) in [7, 11) is 3.12. The van der Waals surface area contributed by atoms with Gasteiger partial charge >= 0.3 is 0 Å². The van der Waals surface area contributed by atoms with Crippen molar-refractivity contribution in [3.05, 3.63) is 23.8 Å². The van der Waals surface area contributed by atoms with E-state index in [-0.39, 0.29) is 5.88 Å². The maximum Gasteiger partial charge on any atom is 0.122 e. The van der Waals surface area contributed by atoms with Gasteiger partial charge in [-0.15, -0.1) is 11.6 Å². The van der Waals surface area contributed by atoms with Crippen molar-refractivity contribution in [2.24, 2.45) is 0 Å². The first-order chi connectivity index (χ1) is 6.71. The van der Waals surface area contributed by atoms with E-state index in [0.29, 0.717) is 17.1 Å². The molecule has 1 aromatic carbocycles. The van der Waals surface area contributed by atoms with E-state index >= 15 is 0 Å². The molecule has 0 radical (unpaired) electrons. The lowest BCUT2D eigenvalue weighted by Crippen LogP contribution is -2.00. The number of benzene rings is 1. The van der Waals surface area contributed by atoms with E-state index in [2.05, 4.69) is 0 Å². The largest absolute Gasteiger partial charge is 0.497 e. The van der Waals surface area contributed by atoms with Crippen molar-refractivity contribution in [1.82, 2.24) is 0 Å². The van der Waals surface area contributed by atoms with E-state index in [9.17, 15) is 5.11 Å². The monoisotopic (exact) mass is 216 g/mol. The Labute approximate surface area is 88.2 Å². The number of halogens is 1. The minimum absolute atomic E-state index is 0.149. The summed E-state index contributed by atoms with van der Waals surface area (Å²) in [6.45, 7) is 0. The number of methoxy groups -OCH3 is 2. The van der Waals surface area contributed by atoms with Crippen molar-refractivity contribution in [1.29, 1.82) is 0 Å². The molecule has 1 aromatic rings. The van der Waals surface area contributed by atoms with E-state index in [1.807, 2.05) is 0 Å². The van der Waals surface area contributed by atoms with Crippen LogP contribution in [-0.4, -0.2) is 25.2 Å². The fourth-order valence-corrected chi connectivity index (χ4v) is 1.29. The van der Waals surface area contributed by atoms with E-state index in [1.54, 1.807) is 32.4 Å². The first-order valence-electron chi connectivity index (χ1n) is 4.18. The van der Waals surface area contributed by atoms with Crippen LogP contribution in [0.3, 0.4) is 0 Å². The molecule has 0 aliphatic carbocycles. The lowest BCUT2D eigenvalue weighted by molar-refractivity contribution is 0.201. The summed E-state index contributed by atoms with van der Waals surface area (Å²) in [6, 6.07) is 5.20. The van der Waals surface area contributed by atoms with Gasteiger partial charge < -0.3 is 14.6 Å². The highest BCUT2D eigenvalue weighted by Gasteiger charge is 2.09. The zero-order chi connectivity index (χ0) is 10.6. The second-order valence-corrected chi connectivity index (χ2v) is 3.12. The van der Waals surface area contributed by atoms with Gasteiger partial charge in [0.25, 0.3) is 0 Å². The van der Waals surface area contributed by atoms with E-state index < -0.39 is 6.10 Å². The molecule has 3 nitrogen and oxygen atoms in total. The van der Waals surface area contributed by atoms with Gasteiger partial charge in [-0.2, -0.15) is 0 Å². The number of aliphatic hydroxyl groups is 1. The van der Waals surface area contributed by atoms with Crippen molar-refractivity contribution in [3.63, 3.8) is 0 Å². The van der Waals surface area contributed by atoms with Crippen LogP contribution in [0.2, 0.25) is 0 Å². The Hall–Kier alpha value is -0.930. The summed E-state index contributed by atoms with van der Waals surface area (Å²) < 4.78 is 10.1. The second kappa shape index (κ2) is 5.08. The Morgan fingerprint density at radius 1 is 1.21 bits per heavy atom. The molecule has 0 aliphatic rings. The smallest absolute Gasteiger partial charge is 0.122 e. The third-order valence-electron chi connectivity index (χ3n) is 1.90. The van der Waals surface area contributed by atoms with Crippen LogP contribution in [0.1, 0.15) is 11.7 Å². The first-order valence-corrected chi connectivity index (χ1v) is 4.71. The summed E-state index contributed by atoms with van der Waals surface area (Å²) >= 11 is 5.55. The number of aliphatic hydroxyl groups excluding tert-OH is 1. The van der Waals surface area contributed by atoms with Crippen molar-refractivity contribution in [3.8, 4) is 11.5 Å². The van der Waals surface area contributed by atoms with Gasteiger partial charge in [0.05, 0.1) is 26.2 Å². The predicted molar refractivity (Wildman–Crippen MR) is 55.2 cm³/mol. The molecule has 0 heterocycles. The summed E-state index contributed by atoms with van der Waals surface area (Å²) in [4.78, 5) is 0. The molecule has 78 valence electrons. The molecule has 1 unspecified atom stereocenters. The van der Waals surface area contributed by atoms with Gasteiger partial charge in [0.15, 0.2) is 0 Å². The Bertz CT molecular complexity index is 279. The maximum atomic E-state index is 9.53. The second-order valence-electron chi connectivity index (χ2n) is 2.82. The van der Waals surface area contributed by atoms with Gasteiger partial charge in [0, 0.05) is 6.07 Å². The molecule has 14 heavy (non-hydrogen) atoms. The topological polar surface area (TPSA) is 38.7 Å². The summed E-state index contributed by atoms with van der Waals surface area (Å²) in [5.41, 5.74) is 0.691. The minimum Gasteiger partial charge on any atom is -0.497 e. The highest BCUT2D eigenvalue weighted by molar-refractivity contribution is 6.18. The van der Waals surface area contributed by atoms with Crippen LogP contribution in [0.15, 0.2) is 18.2 Å². The molecule has 1 atom stereocenters. The van der Waals surface area contributed by atoms with Gasteiger partial charge in [-0.25, -0.2) is 0 Å². The molecule has 0 saturated heterocycles. The number of rotatable bonds is 4. The Balaban J connectivity index is 3.04. The van der Waals surface area contributed by atoms with Crippen LogP contribution in [-0.2, 0) is 0 Å². The van der Waals surface area contributed by atoms with Crippen LogP contribution < -0.4 is 9.47 Å². The summed E-state index contributed by atoms with van der Waals surface area (Å²) in [5, 5.41) is 9.53. The minimum atomic E-state index is -0.694. The molecular formula is C10H13ClO3. The molecule has 0 aliphatic heterocycles. The normalized spacial score (nSPS) is 12.3. The van der Waals surface area contributed by atoms with Gasteiger partial charge in [-0.3, -0.25) is 0 Å². The van der Waals surface area contributed by atoms with Crippen LogP contribution >= 0.6 is 11.6 Å².